The summed E-state index contributed by atoms with van der Waals surface area (Å²) in [5, 5.41) is 32.4. The van der Waals surface area contributed by atoms with Crippen LogP contribution in [0.5, 0.6) is 0 Å². The van der Waals surface area contributed by atoms with E-state index in [9.17, 15) is 20.2 Å². The van der Waals surface area contributed by atoms with Crippen LogP contribution < -0.4 is 10.6 Å². The van der Waals surface area contributed by atoms with E-state index < -0.39 is 10.1 Å². The molecule has 0 aromatic heterocycles. The average Bonchev–Trinajstić information content (AvgIpc) is 3.11. The third-order valence-corrected chi connectivity index (χ3v) is 3.90. The quantitative estimate of drug-likeness (QED) is 0.323. The second kappa shape index (κ2) is 9.08. The van der Waals surface area contributed by atoms with Gasteiger partial charge in [0.1, 0.15) is 0 Å². The van der Waals surface area contributed by atoms with E-state index in [0.717, 1.165) is 38.8 Å². The molecule has 0 unspecified atom stereocenters. The van der Waals surface area contributed by atoms with Gasteiger partial charge in [-0.3, -0.25) is 10.6 Å². The summed E-state index contributed by atoms with van der Waals surface area (Å²) in [7, 11) is 0. The van der Waals surface area contributed by atoms with Crippen molar-refractivity contribution < 1.29 is 10.1 Å². The number of nitrogens with one attached hydrogen (secondary N) is 2. The van der Waals surface area contributed by atoms with E-state index in [2.05, 4.69) is 20.8 Å². The fourth-order valence-electron chi connectivity index (χ4n) is 2.77. The van der Waals surface area contributed by atoms with Crippen LogP contribution in [-0.4, -0.2) is 71.1 Å². The third kappa shape index (κ3) is 5.70. The minimum Gasteiger partial charge on any atom is -0.341 e. The molecule has 0 amide bonds. The number of hydrogen-bond acceptors (Lipinski definition) is 6. The van der Waals surface area contributed by atoms with Crippen LogP contribution in [-0.2, 0) is 0 Å². The summed E-state index contributed by atoms with van der Waals surface area (Å²) < 4.78 is 0. The van der Waals surface area contributed by atoms with Crippen LogP contribution in [0.1, 0.15) is 25.7 Å². The van der Waals surface area contributed by atoms with Gasteiger partial charge in [-0.15, -0.1) is 0 Å². The van der Waals surface area contributed by atoms with E-state index in [0.29, 0.717) is 38.1 Å². The maximum Gasteiger partial charge on any atom is 0.194 e. The summed E-state index contributed by atoms with van der Waals surface area (Å²) in [4.78, 5) is 24.6. The van der Waals surface area contributed by atoms with E-state index in [-0.39, 0.29) is 0 Å². The lowest BCUT2D eigenvalue weighted by Crippen LogP contribution is -2.29. The van der Waals surface area contributed by atoms with Crippen molar-refractivity contribution in [3.05, 3.63) is 20.2 Å². The molecule has 2 aliphatic heterocycles. The van der Waals surface area contributed by atoms with Crippen LogP contribution >= 0.6 is 0 Å². The van der Waals surface area contributed by atoms with Gasteiger partial charge in [0.2, 0.25) is 0 Å². The maximum absolute atomic E-state index is 10.4. The second-order valence-electron chi connectivity index (χ2n) is 5.62. The van der Waals surface area contributed by atoms with Gasteiger partial charge in [-0.25, -0.2) is 20.2 Å². The maximum atomic E-state index is 10.4. The monoisotopic (exact) mass is 342 g/mol. The average molecular weight is 342 g/mol. The number of amidine groups is 2. The fourth-order valence-corrected chi connectivity index (χ4v) is 2.77. The molecule has 24 heavy (non-hydrogen) atoms. The Morgan fingerprint density at radius 2 is 1.25 bits per heavy atom. The lowest BCUT2D eigenvalue weighted by atomic mass is 10.2. The van der Waals surface area contributed by atoms with Gasteiger partial charge in [0, 0.05) is 13.1 Å². The predicted octanol–water partition coefficient (Wildman–Crippen LogP) is -0.547. The first-order chi connectivity index (χ1) is 11.6. The zero-order valence-electron chi connectivity index (χ0n) is 13.4. The first kappa shape index (κ1) is 18.0. The first-order valence-corrected chi connectivity index (χ1v) is 7.91. The summed E-state index contributed by atoms with van der Waals surface area (Å²) in [6, 6.07) is 0. The molecule has 12 nitrogen and oxygen atoms in total. The van der Waals surface area contributed by atoms with Gasteiger partial charge in [0.25, 0.3) is 0 Å². The van der Waals surface area contributed by atoms with Crippen molar-refractivity contribution in [3.8, 4) is 0 Å². The molecule has 2 heterocycles. The molecule has 2 rings (SSSR count). The molecule has 2 fully saturated rings. The molecule has 0 bridgehead atoms. The Kier molecular flexibility index (Phi) is 6.81. The van der Waals surface area contributed by atoms with Crippen LogP contribution in [0.15, 0.2) is 10.2 Å². The van der Waals surface area contributed by atoms with Gasteiger partial charge in [0.05, 0.1) is 36.6 Å². The fraction of sp³-hybridized carbons (Fsp3) is 0.833. The van der Waals surface area contributed by atoms with Crippen molar-refractivity contribution in [1.82, 2.24) is 20.4 Å². The summed E-state index contributed by atoms with van der Waals surface area (Å²) in [6.45, 7) is 3.51. The van der Waals surface area contributed by atoms with Crippen LogP contribution in [0.2, 0.25) is 0 Å². The Morgan fingerprint density at radius 1 is 0.833 bits per heavy atom. The van der Waals surface area contributed by atoms with Gasteiger partial charge >= 0.3 is 0 Å². The van der Waals surface area contributed by atoms with Crippen molar-refractivity contribution in [2.24, 2.45) is 10.2 Å². The topological polar surface area (TPSA) is 142 Å². The molecule has 134 valence electrons. The van der Waals surface area contributed by atoms with Crippen molar-refractivity contribution in [2.45, 2.75) is 25.7 Å². The normalized spacial score (nSPS) is 21.2. The Labute approximate surface area is 138 Å². The highest BCUT2D eigenvalue weighted by Gasteiger charge is 2.22. The third-order valence-electron chi connectivity index (χ3n) is 3.90. The molecule has 2 saturated heterocycles. The van der Waals surface area contributed by atoms with Crippen molar-refractivity contribution in [3.63, 3.8) is 0 Å². The number of hydrazone groups is 2. The minimum atomic E-state index is -0.663. The SMILES string of the molecule is O=[N+]([O-])/N=C1\CNCN1CCCCCCN1CNC/C1=N\[N+](=O)[O-]. The van der Waals surface area contributed by atoms with E-state index in [4.69, 9.17) is 0 Å². The highest BCUT2D eigenvalue weighted by Crippen LogP contribution is 2.07. The molecule has 0 atom stereocenters. The molecule has 2 N–H and O–H groups in total. The Morgan fingerprint density at radius 3 is 1.62 bits per heavy atom. The molecule has 0 aliphatic carbocycles. The molecule has 12 heteroatoms. The smallest absolute Gasteiger partial charge is 0.194 e. The summed E-state index contributed by atoms with van der Waals surface area (Å²) in [5.41, 5.74) is 0. The first-order valence-electron chi connectivity index (χ1n) is 7.91. The van der Waals surface area contributed by atoms with Gasteiger partial charge in [0.15, 0.2) is 21.7 Å². The lowest BCUT2D eigenvalue weighted by Gasteiger charge is -2.17. The predicted molar refractivity (Wildman–Crippen MR) is 86.5 cm³/mol. The van der Waals surface area contributed by atoms with E-state index >= 15 is 0 Å². The Bertz CT molecular complexity index is 477. The van der Waals surface area contributed by atoms with Gasteiger partial charge in [-0.05, 0) is 12.8 Å². The Balaban J connectivity index is 1.60. The number of unbranched alkanes of at least 4 members (excludes halogenated alkanes) is 3. The Hall–Kier alpha value is -2.34. The van der Waals surface area contributed by atoms with E-state index in [1.807, 2.05) is 9.80 Å². The second-order valence-corrected chi connectivity index (χ2v) is 5.62. The van der Waals surface area contributed by atoms with Crippen molar-refractivity contribution >= 4 is 11.7 Å². The molecule has 0 radical (unpaired) electrons. The number of rotatable bonds is 9. The summed E-state index contributed by atoms with van der Waals surface area (Å²) in [5.74, 6) is 0.951. The van der Waals surface area contributed by atoms with Gasteiger partial charge in [-0.2, -0.15) is 0 Å². The van der Waals surface area contributed by atoms with Crippen LogP contribution in [0.3, 0.4) is 0 Å². The highest BCUT2D eigenvalue weighted by atomic mass is 16.7. The molecule has 0 spiro atoms. The standard InChI is InChI=1S/C12H22N8O4/c21-19(22)15-11-7-13-9-17(11)5-3-1-2-4-6-18-10-14-8-12(18)16-20(23)24/h13-14H,1-10H2/b15-11+,16-12+. The van der Waals surface area contributed by atoms with Gasteiger partial charge in [-0.1, -0.05) is 12.8 Å². The number of nitro groups is 2. The van der Waals surface area contributed by atoms with E-state index in [1.165, 1.54) is 0 Å². The summed E-state index contributed by atoms with van der Waals surface area (Å²) >= 11 is 0. The molecule has 0 aromatic rings. The largest absolute Gasteiger partial charge is 0.341 e. The molecular formula is C12H22N8O4. The summed E-state index contributed by atoms with van der Waals surface area (Å²) in [6.07, 6.45) is 3.83. The van der Waals surface area contributed by atoms with Crippen molar-refractivity contribution in [2.75, 3.05) is 39.5 Å². The van der Waals surface area contributed by atoms with Crippen LogP contribution in [0.25, 0.3) is 0 Å². The zero-order valence-corrected chi connectivity index (χ0v) is 13.4. The molecular weight excluding hydrogens is 320 g/mol. The number of nitrogens with zero attached hydrogens (tertiary/aromatic N) is 6. The van der Waals surface area contributed by atoms with Crippen LogP contribution in [0, 0.1) is 20.2 Å². The van der Waals surface area contributed by atoms with Crippen molar-refractivity contribution in [1.29, 1.82) is 0 Å². The van der Waals surface area contributed by atoms with Gasteiger partial charge < -0.3 is 9.80 Å². The lowest BCUT2D eigenvalue weighted by molar-refractivity contribution is -0.485. The molecule has 2 aliphatic rings. The molecule has 0 aromatic carbocycles. The zero-order chi connectivity index (χ0) is 17.4. The van der Waals surface area contributed by atoms with Crippen LogP contribution in [0.4, 0.5) is 0 Å². The minimum absolute atomic E-state index is 0.432. The molecule has 0 saturated carbocycles. The van der Waals surface area contributed by atoms with E-state index in [1.54, 1.807) is 0 Å². The highest BCUT2D eigenvalue weighted by molar-refractivity contribution is 5.85. The number of hydrogen-bond donors (Lipinski definition) is 2.